The fourth-order valence-electron chi connectivity index (χ4n) is 2.20. The summed E-state index contributed by atoms with van der Waals surface area (Å²) in [4.78, 5) is 0. The van der Waals surface area contributed by atoms with Crippen molar-refractivity contribution in [3.63, 3.8) is 0 Å². The summed E-state index contributed by atoms with van der Waals surface area (Å²) in [5, 5.41) is 4.61. The summed E-state index contributed by atoms with van der Waals surface area (Å²) in [5.74, 6) is 1.06. The summed E-state index contributed by atoms with van der Waals surface area (Å²) < 4.78 is 6.62. The van der Waals surface area contributed by atoms with Crippen LogP contribution in [-0.2, 0) is 0 Å². The number of rotatable bonds is 2. The van der Waals surface area contributed by atoms with E-state index in [1.165, 1.54) is 5.56 Å². The van der Waals surface area contributed by atoms with E-state index in [0.29, 0.717) is 16.6 Å². The highest BCUT2D eigenvalue weighted by atomic mass is 127. The molecule has 0 fully saturated rings. The highest BCUT2D eigenvalue weighted by Crippen LogP contribution is 2.39. The molecule has 0 aliphatic carbocycles. The second-order valence-electron chi connectivity index (χ2n) is 4.72. The molecule has 0 saturated heterocycles. The number of hydrogen-bond donors (Lipinski definition) is 1. The molecule has 21 heavy (non-hydrogen) atoms. The minimum atomic E-state index is 0.379. The van der Waals surface area contributed by atoms with Crippen LogP contribution in [-0.4, -0.2) is 5.16 Å². The second kappa shape index (κ2) is 5.69. The number of nitrogens with two attached hydrogens (primary N) is 1. The van der Waals surface area contributed by atoms with Crippen molar-refractivity contribution >= 4 is 40.0 Å². The van der Waals surface area contributed by atoms with E-state index >= 15 is 0 Å². The molecule has 0 bridgehead atoms. The third kappa shape index (κ3) is 2.65. The SMILES string of the molecule is Cc1cccc(-c2onc(N)c2-c2ccc(Cl)cc2)c1I. The number of halogens is 2. The number of aromatic nitrogens is 1. The Hall–Kier alpha value is -1.53. The van der Waals surface area contributed by atoms with Crippen molar-refractivity contribution in [3.8, 4) is 22.5 Å². The molecule has 1 aromatic heterocycles. The third-order valence-electron chi connectivity index (χ3n) is 3.29. The molecule has 0 spiro atoms. The van der Waals surface area contributed by atoms with Crippen LogP contribution < -0.4 is 5.73 Å². The molecule has 0 radical (unpaired) electrons. The molecule has 2 N–H and O–H groups in total. The Kier molecular flexibility index (Phi) is 3.91. The lowest BCUT2D eigenvalue weighted by Crippen LogP contribution is -1.90. The van der Waals surface area contributed by atoms with E-state index in [4.69, 9.17) is 21.9 Å². The number of hydrogen-bond acceptors (Lipinski definition) is 3. The van der Waals surface area contributed by atoms with Gasteiger partial charge in [0.25, 0.3) is 0 Å². The molecule has 2 aromatic carbocycles. The normalized spacial score (nSPS) is 10.8. The number of benzene rings is 2. The molecule has 5 heteroatoms. The number of aryl methyl sites for hydroxylation is 1. The predicted molar refractivity (Wildman–Crippen MR) is 94.3 cm³/mol. The quantitative estimate of drug-likeness (QED) is 0.594. The van der Waals surface area contributed by atoms with E-state index < -0.39 is 0 Å². The Balaban J connectivity index is 2.22. The maximum atomic E-state index is 6.00. The molecule has 3 aromatic rings. The fourth-order valence-corrected chi connectivity index (χ4v) is 2.94. The number of anilines is 1. The van der Waals surface area contributed by atoms with Crippen LogP contribution in [0.5, 0.6) is 0 Å². The van der Waals surface area contributed by atoms with Gasteiger partial charge >= 0.3 is 0 Å². The van der Waals surface area contributed by atoms with E-state index in [-0.39, 0.29) is 0 Å². The maximum absolute atomic E-state index is 6.00. The summed E-state index contributed by atoms with van der Waals surface area (Å²) >= 11 is 8.25. The average Bonchev–Trinajstić information content (AvgIpc) is 2.85. The lowest BCUT2D eigenvalue weighted by molar-refractivity contribution is 0.436. The van der Waals surface area contributed by atoms with Crippen LogP contribution in [0.1, 0.15) is 5.56 Å². The van der Waals surface area contributed by atoms with E-state index in [2.05, 4.69) is 40.7 Å². The van der Waals surface area contributed by atoms with E-state index in [9.17, 15) is 0 Å². The Labute approximate surface area is 141 Å². The molecule has 0 aliphatic rings. The van der Waals surface area contributed by atoms with E-state index in [0.717, 1.165) is 20.3 Å². The average molecular weight is 411 g/mol. The van der Waals surface area contributed by atoms with Gasteiger partial charge in [-0.25, -0.2) is 0 Å². The van der Waals surface area contributed by atoms with E-state index in [1.54, 1.807) is 0 Å². The van der Waals surface area contributed by atoms with Crippen LogP contribution in [0, 0.1) is 10.5 Å². The molecule has 1 heterocycles. The molecular weight excluding hydrogens is 399 g/mol. The lowest BCUT2D eigenvalue weighted by atomic mass is 10.0. The molecule has 0 aliphatic heterocycles. The summed E-state index contributed by atoms with van der Waals surface area (Å²) in [6, 6.07) is 13.6. The first-order valence-electron chi connectivity index (χ1n) is 6.34. The van der Waals surface area contributed by atoms with Crippen LogP contribution in [0.2, 0.25) is 5.02 Å². The molecule has 3 nitrogen and oxygen atoms in total. The zero-order chi connectivity index (χ0) is 15.0. The highest BCUT2D eigenvalue weighted by Gasteiger charge is 2.19. The van der Waals surface area contributed by atoms with Gasteiger partial charge in [0.15, 0.2) is 11.6 Å². The third-order valence-corrected chi connectivity index (χ3v) is 4.97. The zero-order valence-electron chi connectivity index (χ0n) is 11.2. The standard InChI is InChI=1S/C16H12ClIN2O/c1-9-3-2-4-12(14(9)18)15-13(16(19)20-21-15)10-5-7-11(17)8-6-10/h2-8H,1H3,(H2,19,20). The zero-order valence-corrected chi connectivity index (χ0v) is 14.1. The van der Waals surface area contributed by atoms with Crippen LogP contribution in [0.25, 0.3) is 22.5 Å². The van der Waals surface area contributed by atoms with Crippen molar-refractivity contribution < 1.29 is 4.52 Å². The van der Waals surface area contributed by atoms with Crippen molar-refractivity contribution in [2.24, 2.45) is 0 Å². The molecule has 3 rings (SSSR count). The van der Waals surface area contributed by atoms with Crippen molar-refractivity contribution in [1.29, 1.82) is 0 Å². The van der Waals surface area contributed by atoms with Crippen LogP contribution in [0.4, 0.5) is 5.82 Å². The van der Waals surface area contributed by atoms with Crippen molar-refractivity contribution in [2.75, 3.05) is 5.73 Å². The maximum Gasteiger partial charge on any atom is 0.177 e. The van der Waals surface area contributed by atoms with Gasteiger partial charge in [0, 0.05) is 14.2 Å². The van der Waals surface area contributed by atoms with Gasteiger partial charge in [-0.2, -0.15) is 0 Å². The van der Waals surface area contributed by atoms with Gasteiger partial charge in [-0.3, -0.25) is 0 Å². The Bertz CT molecular complexity index is 797. The van der Waals surface area contributed by atoms with E-state index in [1.807, 2.05) is 36.4 Å². The van der Waals surface area contributed by atoms with Crippen molar-refractivity contribution in [3.05, 3.63) is 56.6 Å². The first-order chi connectivity index (χ1) is 10.1. The summed E-state index contributed by atoms with van der Waals surface area (Å²) in [5.41, 5.74) is 9.91. The van der Waals surface area contributed by atoms with Crippen molar-refractivity contribution in [2.45, 2.75) is 6.92 Å². The minimum absolute atomic E-state index is 0.379. The molecule has 0 unspecified atom stereocenters. The van der Waals surface area contributed by atoms with Gasteiger partial charge in [-0.1, -0.05) is 47.1 Å². The summed E-state index contributed by atoms with van der Waals surface area (Å²) in [6.07, 6.45) is 0. The first kappa shape index (κ1) is 14.4. The van der Waals surface area contributed by atoms with Gasteiger partial charge in [0.2, 0.25) is 0 Å². The lowest BCUT2D eigenvalue weighted by Gasteiger charge is -2.07. The van der Waals surface area contributed by atoms with Gasteiger partial charge in [0.1, 0.15) is 0 Å². The Morgan fingerprint density at radius 2 is 1.86 bits per heavy atom. The molecule has 0 saturated carbocycles. The number of nitrogen functional groups attached to an aromatic ring is 1. The van der Waals surface area contributed by atoms with Gasteiger partial charge in [-0.15, -0.1) is 0 Å². The first-order valence-corrected chi connectivity index (χ1v) is 7.80. The highest BCUT2D eigenvalue weighted by molar-refractivity contribution is 14.1. The topological polar surface area (TPSA) is 52.0 Å². The molecule has 0 atom stereocenters. The minimum Gasteiger partial charge on any atom is -0.380 e. The smallest absolute Gasteiger partial charge is 0.177 e. The van der Waals surface area contributed by atoms with Gasteiger partial charge < -0.3 is 10.3 Å². The Morgan fingerprint density at radius 3 is 2.57 bits per heavy atom. The molecule has 106 valence electrons. The van der Waals surface area contributed by atoms with Crippen LogP contribution in [0.15, 0.2) is 47.0 Å². The summed E-state index contributed by atoms with van der Waals surface area (Å²) in [7, 11) is 0. The molecular formula is C16H12ClIN2O. The monoisotopic (exact) mass is 410 g/mol. The van der Waals surface area contributed by atoms with Crippen LogP contribution in [0.3, 0.4) is 0 Å². The van der Waals surface area contributed by atoms with Crippen LogP contribution >= 0.6 is 34.2 Å². The second-order valence-corrected chi connectivity index (χ2v) is 6.23. The molecule has 0 amide bonds. The summed E-state index contributed by atoms with van der Waals surface area (Å²) in [6.45, 7) is 2.06. The Morgan fingerprint density at radius 1 is 1.14 bits per heavy atom. The largest absolute Gasteiger partial charge is 0.380 e. The fraction of sp³-hybridized carbons (Fsp3) is 0.0625. The van der Waals surface area contributed by atoms with Crippen molar-refractivity contribution in [1.82, 2.24) is 5.16 Å². The van der Waals surface area contributed by atoms with Gasteiger partial charge in [0.05, 0.1) is 5.56 Å². The number of nitrogens with zero attached hydrogens (tertiary/aromatic N) is 1. The van der Waals surface area contributed by atoms with Gasteiger partial charge in [-0.05, 0) is 52.8 Å². The predicted octanol–water partition coefficient (Wildman–Crippen LogP) is 5.16.